The smallest absolute Gasteiger partial charge is 0.192 e. The molecule has 3 heteroatoms. The predicted molar refractivity (Wildman–Crippen MR) is 98.6 cm³/mol. The summed E-state index contributed by atoms with van der Waals surface area (Å²) in [6, 6.07) is 3.59. The van der Waals surface area contributed by atoms with Crippen LogP contribution in [0.3, 0.4) is 0 Å². The van der Waals surface area contributed by atoms with Crippen molar-refractivity contribution in [2.45, 2.75) is 78.1 Å². The van der Waals surface area contributed by atoms with Gasteiger partial charge in [-0.3, -0.25) is 0 Å². The molecule has 1 N–H and O–H groups in total. The van der Waals surface area contributed by atoms with Gasteiger partial charge in [-0.05, 0) is 50.7 Å². The predicted octanol–water partition coefficient (Wildman–Crippen LogP) is 5.31. The van der Waals surface area contributed by atoms with Gasteiger partial charge in [0, 0.05) is 5.92 Å². The van der Waals surface area contributed by atoms with Gasteiger partial charge < -0.3 is 9.53 Å². The molecule has 128 valence electrons. The zero-order chi connectivity index (χ0) is 16.8. The quantitative estimate of drug-likeness (QED) is 0.484. The van der Waals surface area contributed by atoms with Crippen molar-refractivity contribution in [3.05, 3.63) is 23.8 Å². The third-order valence-corrected chi connectivity index (χ3v) is 10.3. The highest BCUT2D eigenvalue weighted by molar-refractivity contribution is 6.73. The molecular weight excluding hydrogens is 288 g/mol. The Bertz CT molecular complexity index is 377. The maximum absolute atomic E-state index is 9.42. The summed E-state index contributed by atoms with van der Waals surface area (Å²) in [5.41, 5.74) is 2.32. The average molecular weight is 325 g/mol. The van der Waals surface area contributed by atoms with Gasteiger partial charge in [0.25, 0.3) is 0 Å². The molecule has 1 aliphatic carbocycles. The van der Waals surface area contributed by atoms with Gasteiger partial charge in [-0.1, -0.05) is 51.0 Å². The maximum Gasteiger partial charge on any atom is 0.192 e. The van der Waals surface area contributed by atoms with E-state index in [1.165, 1.54) is 36.5 Å². The fraction of sp³-hybridized carbons (Fsp3) is 0.789. The molecule has 1 aliphatic rings. The molecule has 1 fully saturated rings. The zero-order valence-electron chi connectivity index (χ0n) is 15.3. The number of allylic oxidation sites excluding steroid dienone is 1. The number of aliphatic hydroxyl groups excluding tert-OH is 1. The van der Waals surface area contributed by atoms with Crippen LogP contribution in [0, 0.1) is 11.8 Å². The van der Waals surface area contributed by atoms with E-state index in [0.717, 1.165) is 12.0 Å². The Balaban J connectivity index is 3.04. The molecule has 22 heavy (non-hydrogen) atoms. The number of aliphatic hydroxyl groups is 1. The van der Waals surface area contributed by atoms with Gasteiger partial charge in [-0.15, -0.1) is 0 Å². The van der Waals surface area contributed by atoms with Crippen LogP contribution in [0.25, 0.3) is 0 Å². The topological polar surface area (TPSA) is 29.5 Å². The summed E-state index contributed by atoms with van der Waals surface area (Å²) >= 11 is 0. The van der Waals surface area contributed by atoms with Gasteiger partial charge in [0.15, 0.2) is 8.32 Å². The summed E-state index contributed by atoms with van der Waals surface area (Å²) in [6.45, 7) is 15.4. The van der Waals surface area contributed by atoms with Crippen LogP contribution >= 0.6 is 0 Å². The van der Waals surface area contributed by atoms with Crippen molar-refractivity contribution in [3.8, 4) is 0 Å². The molecule has 0 aromatic rings. The lowest BCUT2D eigenvalue weighted by molar-refractivity contribution is 0.0793. The number of hydrogen-bond donors (Lipinski definition) is 1. The second kappa shape index (κ2) is 9.04. The molecule has 0 aromatic heterocycles. The third-order valence-electron chi connectivity index (χ3n) is 5.59. The summed E-state index contributed by atoms with van der Waals surface area (Å²) in [5.74, 6) is 0.882. The fourth-order valence-electron chi connectivity index (χ4n) is 3.82. The van der Waals surface area contributed by atoms with Gasteiger partial charge in [-0.25, -0.2) is 0 Å². The molecule has 3 atom stereocenters. The summed E-state index contributed by atoms with van der Waals surface area (Å²) in [7, 11) is -1.59. The van der Waals surface area contributed by atoms with Gasteiger partial charge in [0.1, 0.15) is 0 Å². The van der Waals surface area contributed by atoms with E-state index in [1.807, 2.05) is 6.92 Å². The van der Waals surface area contributed by atoms with E-state index in [-0.39, 0.29) is 6.61 Å². The SMILES string of the molecule is C=C(C)[C@H]1CCC[C@@H](O[Si](CC)(CC)CC)[C@H]1/C=C(\C)CO. The van der Waals surface area contributed by atoms with Gasteiger partial charge in [0.05, 0.1) is 12.7 Å². The molecule has 0 saturated heterocycles. The molecule has 0 unspecified atom stereocenters. The third kappa shape index (κ3) is 4.80. The Labute approximate surface area is 138 Å². The van der Waals surface area contributed by atoms with Crippen LogP contribution in [0.15, 0.2) is 23.8 Å². The summed E-state index contributed by atoms with van der Waals surface area (Å²) < 4.78 is 6.84. The minimum atomic E-state index is -1.59. The standard InChI is InChI=1S/C19H36O2Si/c1-7-22(8-2,9-3)21-19-12-10-11-17(15(4)5)18(19)13-16(6)14-20/h13,17-20H,4,7-12,14H2,1-3,5-6H3/b16-13+/t17-,18+,19-/m1/s1. The normalized spacial score (nSPS) is 27.0. The minimum Gasteiger partial charge on any atom is -0.413 e. The van der Waals surface area contributed by atoms with Crippen molar-refractivity contribution in [1.29, 1.82) is 0 Å². The lowest BCUT2D eigenvalue weighted by Crippen LogP contribution is -2.45. The highest BCUT2D eigenvalue weighted by atomic mass is 28.4. The maximum atomic E-state index is 9.42. The first-order chi connectivity index (χ1) is 10.4. The molecule has 0 amide bonds. The van der Waals surface area contributed by atoms with Crippen LogP contribution in [0.1, 0.15) is 53.9 Å². The van der Waals surface area contributed by atoms with E-state index in [9.17, 15) is 5.11 Å². The Morgan fingerprint density at radius 1 is 1.18 bits per heavy atom. The Kier molecular flexibility index (Phi) is 8.08. The molecule has 2 nitrogen and oxygen atoms in total. The van der Waals surface area contributed by atoms with E-state index in [4.69, 9.17) is 4.43 Å². The Morgan fingerprint density at radius 3 is 2.23 bits per heavy atom. The monoisotopic (exact) mass is 324 g/mol. The summed E-state index contributed by atoms with van der Waals surface area (Å²) in [5, 5.41) is 9.42. The van der Waals surface area contributed by atoms with Crippen LogP contribution in [-0.2, 0) is 4.43 Å². The number of rotatable bonds is 8. The summed E-state index contributed by atoms with van der Waals surface area (Å²) in [6.07, 6.45) is 6.16. The van der Waals surface area contributed by atoms with Gasteiger partial charge in [0.2, 0.25) is 0 Å². The molecule has 0 spiro atoms. The first-order valence-corrected chi connectivity index (χ1v) is 11.6. The molecular formula is C19H36O2Si. The Morgan fingerprint density at radius 2 is 1.77 bits per heavy atom. The molecule has 0 radical (unpaired) electrons. The minimum absolute atomic E-state index is 0.143. The first-order valence-electron chi connectivity index (χ1n) is 9.04. The van der Waals surface area contributed by atoms with Crippen LogP contribution in [0.5, 0.6) is 0 Å². The highest BCUT2D eigenvalue weighted by Crippen LogP contribution is 2.40. The van der Waals surface area contributed by atoms with Crippen LogP contribution < -0.4 is 0 Å². The van der Waals surface area contributed by atoms with E-state index < -0.39 is 8.32 Å². The fourth-order valence-corrected chi connectivity index (χ4v) is 6.74. The van der Waals surface area contributed by atoms with Crippen molar-refractivity contribution in [2.75, 3.05) is 6.61 Å². The molecule has 0 aromatic carbocycles. The van der Waals surface area contributed by atoms with Crippen molar-refractivity contribution in [2.24, 2.45) is 11.8 Å². The average Bonchev–Trinajstić information content (AvgIpc) is 2.53. The van der Waals surface area contributed by atoms with Crippen LogP contribution in [-0.4, -0.2) is 26.1 Å². The second-order valence-electron chi connectivity index (χ2n) is 7.03. The molecule has 0 bridgehead atoms. The zero-order valence-corrected chi connectivity index (χ0v) is 16.3. The largest absolute Gasteiger partial charge is 0.413 e. The first kappa shape index (κ1) is 19.7. The van der Waals surface area contributed by atoms with E-state index in [1.54, 1.807) is 0 Å². The van der Waals surface area contributed by atoms with Crippen molar-refractivity contribution < 1.29 is 9.53 Å². The lowest BCUT2D eigenvalue weighted by Gasteiger charge is -2.42. The molecule has 1 saturated carbocycles. The summed E-state index contributed by atoms with van der Waals surface area (Å²) in [4.78, 5) is 0. The lowest BCUT2D eigenvalue weighted by atomic mass is 9.73. The van der Waals surface area contributed by atoms with E-state index in [0.29, 0.717) is 17.9 Å². The van der Waals surface area contributed by atoms with Gasteiger partial charge >= 0.3 is 0 Å². The van der Waals surface area contributed by atoms with Gasteiger partial charge in [-0.2, -0.15) is 0 Å². The van der Waals surface area contributed by atoms with Crippen molar-refractivity contribution in [3.63, 3.8) is 0 Å². The molecule has 0 heterocycles. The molecule has 0 aliphatic heterocycles. The highest BCUT2D eigenvalue weighted by Gasteiger charge is 2.39. The van der Waals surface area contributed by atoms with Crippen molar-refractivity contribution >= 4 is 8.32 Å². The molecule has 1 rings (SSSR count). The van der Waals surface area contributed by atoms with Crippen LogP contribution in [0.4, 0.5) is 0 Å². The Hall–Kier alpha value is -0.383. The van der Waals surface area contributed by atoms with E-state index in [2.05, 4.69) is 40.3 Å². The van der Waals surface area contributed by atoms with Crippen molar-refractivity contribution in [1.82, 2.24) is 0 Å². The van der Waals surface area contributed by atoms with Crippen LogP contribution in [0.2, 0.25) is 18.1 Å². The second-order valence-corrected chi connectivity index (χ2v) is 11.8. The number of hydrogen-bond acceptors (Lipinski definition) is 2. The van der Waals surface area contributed by atoms with E-state index >= 15 is 0 Å².